The van der Waals surface area contributed by atoms with E-state index in [0.717, 1.165) is 39.0 Å². The predicted molar refractivity (Wildman–Crippen MR) is 66.9 cm³/mol. The summed E-state index contributed by atoms with van der Waals surface area (Å²) >= 11 is 0. The van der Waals surface area contributed by atoms with Crippen LogP contribution >= 0.6 is 0 Å². The number of amides is 2. The molecular formula is C13H21N3O2. The number of carbonyl (C=O) groups excluding carboxylic acids is 2. The largest absolute Gasteiger partial charge is 0.340 e. The van der Waals surface area contributed by atoms with E-state index < -0.39 is 0 Å². The number of piperazine rings is 1. The Morgan fingerprint density at radius 2 is 1.83 bits per heavy atom. The van der Waals surface area contributed by atoms with Crippen LogP contribution in [0.4, 0.5) is 0 Å². The van der Waals surface area contributed by atoms with Crippen LogP contribution < -0.4 is 0 Å². The summed E-state index contributed by atoms with van der Waals surface area (Å²) in [5.74, 6) is 0.297. The molecule has 0 aromatic heterocycles. The van der Waals surface area contributed by atoms with E-state index >= 15 is 0 Å². The fraction of sp³-hybridized carbons (Fsp3) is 0.846. The molecule has 0 spiro atoms. The van der Waals surface area contributed by atoms with Crippen molar-refractivity contribution < 1.29 is 9.59 Å². The second-order valence-corrected chi connectivity index (χ2v) is 5.81. The zero-order chi connectivity index (χ0) is 12.7. The summed E-state index contributed by atoms with van der Waals surface area (Å²) in [6.45, 7) is 4.17. The molecule has 3 aliphatic rings. The standard InChI is InChI=1S/C13H21N3O2/c1-14-4-6-15(7-5-14)13(18)10-8-12(17)16(9-10)11-2-3-11/h10-11H,2-9H2,1H3. The Balaban J connectivity index is 1.58. The van der Waals surface area contributed by atoms with E-state index in [1.165, 1.54) is 0 Å². The second kappa shape index (κ2) is 4.53. The van der Waals surface area contributed by atoms with Crippen LogP contribution in [0.3, 0.4) is 0 Å². The lowest BCUT2D eigenvalue weighted by Gasteiger charge is -2.33. The zero-order valence-electron chi connectivity index (χ0n) is 11.0. The molecule has 1 aliphatic carbocycles. The van der Waals surface area contributed by atoms with Gasteiger partial charge in [0.25, 0.3) is 0 Å². The number of hydrogen-bond acceptors (Lipinski definition) is 3. The van der Waals surface area contributed by atoms with Crippen LogP contribution in [0, 0.1) is 5.92 Å². The van der Waals surface area contributed by atoms with E-state index in [4.69, 9.17) is 0 Å². The van der Waals surface area contributed by atoms with Crippen molar-refractivity contribution >= 4 is 11.8 Å². The fourth-order valence-corrected chi connectivity index (χ4v) is 2.92. The van der Waals surface area contributed by atoms with Crippen molar-refractivity contribution in [2.75, 3.05) is 39.8 Å². The zero-order valence-corrected chi connectivity index (χ0v) is 11.0. The molecule has 1 atom stereocenters. The van der Waals surface area contributed by atoms with Crippen molar-refractivity contribution in [2.24, 2.45) is 5.92 Å². The maximum absolute atomic E-state index is 12.4. The van der Waals surface area contributed by atoms with Crippen molar-refractivity contribution in [3.8, 4) is 0 Å². The van der Waals surface area contributed by atoms with Gasteiger partial charge in [-0.2, -0.15) is 0 Å². The van der Waals surface area contributed by atoms with Gasteiger partial charge in [-0.25, -0.2) is 0 Å². The van der Waals surface area contributed by atoms with Crippen molar-refractivity contribution in [1.82, 2.24) is 14.7 Å². The molecule has 1 saturated carbocycles. The normalized spacial score (nSPS) is 30.1. The topological polar surface area (TPSA) is 43.9 Å². The van der Waals surface area contributed by atoms with E-state index in [1.54, 1.807) is 0 Å². The number of likely N-dealkylation sites (tertiary alicyclic amines) is 1. The summed E-state index contributed by atoms with van der Waals surface area (Å²) in [6.07, 6.45) is 2.68. The Morgan fingerprint density at radius 1 is 1.17 bits per heavy atom. The van der Waals surface area contributed by atoms with Gasteiger partial charge >= 0.3 is 0 Å². The quantitative estimate of drug-likeness (QED) is 0.681. The van der Waals surface area contributed by atoms with Gasteiger partial charge in [-0.15, -0.1) is 0 Å². The molecule has 2 heterocycles. The first-order valence-electron chi connectivity index (χ1n) is 6.92. The third kappa shape index (κ3) is 2.23. The lowest BCUT2D eigenvalue weighted by molar-refractivity contribution is -0.137. The smallest absolute Gasteiger partial charge is 0.228 e. The average molecular weight is 251 g/mol. The van der Waals surface area contributed by atoms with Crippen LogP contribution in [0.1, 0.15) is 19.3 Å². The highest BCUT2D eigenvalue weighted by atomic mass is 16.2. The molecule has 2 aliphatic heterocycles. The highest BCUT2D eigenvalue weighted by Gasteiger charge is 2.42. The van der Waals surface area contributed by atoms with E-state index in [-0.39, 0.29) is 17.7 Å². The summed E-state index contributed by atoms with van der Waals surface area (Å²) in [5, 5.41) is 0. The van der Waals surface area contributed by atoms with Gasteiger partial charge in [0.2, 0.25) is 11.8 Å². The van der Waals surface area contributed by atoms with Crippen LogP contribution in [0.25, 0.3) is 0 Å². The summed E-state index contributed by atoms with van der Waals surface area (Å²) < 4.78 is 0. The minimum atomic E-state index is -0.0819. The van der Waals surface area contributed by atoms with Crippen LogP contribution in [-0.2, 0) is 9.59 Å². The maximum atomic E-state index is 12.4. The van der Waals surface area contributed by atoms with Gasteiger partial charge in [0.05, 0.1) is 5.92 Å². The lowest BCUT2D eigenvalue weighted by Crippen LogP contribution is -2.49. The van der Waals surface area contributed by atoms with Gasteiger partial charge in [-0.1, -0.05) is 0 Å². The van der Waals surface area contributed by atoms with Crippen molar-refractivity contribution in [3.05, 3.63) is 0 Å². The molecular weight excluding hydrogens is 230 g/mol. The number of rotatable bonds is 2. The van der Waals surface area contributed by atoms with Crippen molar-refractivity contribution in [1.29, 1.82) is 0 Å². The predicted octanol–water partition coefficient (Wildman–Crippen LogP) is -0.229. The number of likely N-dealkylation sites (N-methyl/N-ethyl adjacent to an activating group) is 1. The van der Waals surface area contributed by atoms with E-state index in [0.29, 0.717) is 19.0 Å². The first-order valence-corrected chi connectivity index (χ1v) is 6.92. The van der Waals surface area contributed by atoms with E-state index in [9.17, 15) is 9.59 Å². The summed E-state index contributed by atoms with van der Waals surface area (Å²) in [7, 11) is 2.08. The number of carbonyl (C=O) groups is 2. The third-order valence-corrected chi connectivity index (χ3v) is 4.31. The second-order valence-electron chi connectivity index (χ2n) is 5.81. The van der Waals surface area contributed by atoms with Gasteiger partial charge in [0, 0.05) is 45.2 Å². The molecule has 18 heavy (non-hydrogen) atoms. The first-order chi connectivity index (χ1) is 8.65. The Hall–Kier alpha value is -1.10. The van der Waals surface area contributed by atoms with E-state index in [1.807, 2.05) is 9.80 Å². The molecule has 0 aromatic rings. The van der Waals surface area contributed by atoms with Gasteiger partial charge in [0.1, 0.15) is 0 Å². The monoisotopic (exact) mass is 251 g/mol. The summed E-state index contributed by atoms with van der Waals surface area (Å²) in [4.78, 5) is 30.3. The van der Waals surface area contributed by atoms with Crippen LogP contribution in [-0.4, -0.2) is 72.3 Å². The minimum absolute atomic E-state index is 0.0819. The number of hydrogen-bond donors (Lipinski definition) is 0. The molecule has 0 aromatic carbocycles. The minimum Gasteiger partial charge on any atom is -0.340 e. The molecule has 2 saturated heterocycles. The molecule has 3 rings (SSSR count). The Morgan fingerprint density at radius 3 is 2.44 bits per heavy atom. The van der Waals surface area contributed by atoms with Crippen LogP contribution in [0.5, 0.6) is 0 Å². The molecule has 2 amide bonds. The first kappa shape index (κ1) is 12.0. The van der Waals surface area contributed by atoms with Gasteiger partial charge in [-0.3, -0.25) is 9.59 Å². The summed E-state index contributed by atoms with van der Waals surface area (Å²) in [6, 6.07) is 0.447. The Kier molecular flexibility index (Phi) is 3.01. The molecule has 3 fully saturated rings. The summed E-state index contributed by atoms with van der Waals surface area (Å²) in [5.41, 5.74) is 0. The molecule has 1 unspecified atom stereocenters. The SMILES string of the molecule is CN1CCN(C(=O)C2CC(=O)N(C3CC3)C2)CC1. The van der Waals surface area contributed by atoms with Crippen LogP contribution in [0.2, 0.25) is 0 Å². The third-order valence-electron chi connectivity index (χ3n) is 4.31. The molecule has 100 valence electrons. The van der Waals surface area contributed by atoms with Crippen LogP contribution in [0.15, 0.2) is 0 Å². The molecule has 5 nitrogen and oxygen atoms in total. The van der Waals surface area contributed by atoms with Gasteiger partial charge in [-0.05, 0) is 19.9 Å². The van der Waals surface area contributed by atoms with Gasteiger partial charge in [0.15, 0.2) is 0 Å². The maximum Gasteiger partial charge on any atom is 0.228 e. The fourth-order valence-electron chi connectivity index (χ4n) is 2.92. The molecule has 5 heteroatoms. The molecule has 0 N–H and O–H groups in total. The Labute approximate surface area is 108 Å². The lowest BCUT2D eigenvalue weighted by atomic mass is 10.1. The Bertz CT molecular complexity index is 359. The highest BCUT2D eigenvalue weighted by Crippen LogP contribution is 2.33. The van der Waals surface area contributed by atoms with Gasteiger partial charge < -0.3 is 14.7 Å². The molecule has 0 bridgehead atoms. The van der Waals surface area contributed by atoms with Crippen molar-refractivity contribution in [2.45, 2.75) is 25.3 Å². The molecule has 0 radical (unpaired) electrons. The van der Waals surface area contributed by atoms with Crippen molar-refractivity contribution in [3.63, 3.8) is 0 Å². The number of nitrogens with zero attached hydrogens (tertiary/aromatic N) is 3. The van der Waals surface area contributed by atoms with E-state index in [2.05, 4.69) is 11.9 Å². The average Bonchev–Trinajstić information content (AvgIpc) is 3.13. The highest BCUT2D eigenvalue weighted by molar-refractivity contribution is 5.89.